The lowest BCUT2D eigenvalue weighted by atomic mass is 10.1. The van der Waals surface area contributed by atoms with E-state index in [1.165, 1.54) is 6.08 Å². The summed E-state index contributed by atoms with van der Waals surface area (Å²) in [6, 6.07) is 13.3. The first-order chi connectivity index (χ1) is 13.2. The fraction of sp³-hybridized carbons (Fsp3) is 0.318. The average Bonchev–Trinajstić information content (AvgIpc) is 2.68. The number of rotatable bonds is 10. The predicted octanol–water partition coefficient (Wildman–Crippen LogP) is 4.21. The number of amides is 1. The second-order valence-electron chi connectivity index (χ2n) is 5.66. The molecule has 2 aromatic rings. The standard InChI is InChI=1S/C22H27NO4/c1-4-25-19-10-8-7-9-18(19)16-23-22(24)14-12-17-11-13-20(26-5-2)21(15-17)27-6-3/h7-15H,4-6,16H2,1-3H3,(H,23,24). The summed E-state index contributed by atoms with van der Waals surface area (Å²) in [5, 5.41) is 2.88. The van der Waals surface area contributed by atoms with E-state index in [2.05, 4.69) is 5.32 Å². The fourth-order valence-corrected chi connectivity index (χ4v) is 2.53. The minimum Gasteiger partial charge on any atom is -0.494 e. The van der Waals surface area contributed by atoms with Gasteiger partial charge in [-0.2, -0.15) is 0 Å². The number of ether oxygens (including phenoxy) is 3. The lowest BCUT2D eigenvalue weighted by Gasteiger charge is -2.11. The number of hydrogen-bond acceptors (Lipinski definition) is 4. The van der Waals surface area contributed by atoms with Crippen LogP contribution in [0.25, 0.3) is 6.08 Å². The highest BCUT2D eigenvalue weighted by atomic mass is 16.5. The highest BCUT2D eigenvalue weighted by Crippen LogP contribution is 2.29. The predicted molar refractivity (Wildman–Crippen MR) is 107 cm³/mol. The molecule has 144 valence electrons. The highest BCUT2D eigenvalue weighted by molar-refractivity contribution is 5.91. The van der Waals surface area contributed by atoms with Gasteiger partial charge < -0.3 is 19.5 Å². The van der Waals surface area contributed by atoms with E-state index in [0.29, 0.717) is 37.9 Å². The van der Waals surface area contributed by atoms with E-state index in [0.717, 1.165) is 16.9 Å². The van der Waals surface area contributed by atoms with Crippen LogP contribution in [-0.2, 0) is 11.3 Å². The lowest BCUT2D eigenvalue weighted by molar-refractivity contribution is -0.116. The molecule has 0 fully saturated rings. The Hall–Kier alpha value is -2.95. The van der Waals surface area contributed by atoms with Gasteiger partial charge in [0.2, 0.25) is 5.91 Å². The molecule has 0 unspecified atom stereocenters. The van der Waals surface area contributed by atoms with Gasteiger partial charge in [0.15, 0.2) is 11.5 Å². The molecule has 0 saturated carbocycles. The number of carbonyl (C=O) groups is 1. The van der Waals surface area contributed by atoms with Crippen LogP contribution in [0, 0.1) is 0 Å². The number of nitrogens with one attached hydrogen (secondary N) is 1. The van der Waals surface area contributed by atoms with Crippen LogP contribution in [0.3, 0.4) is 0 Å². The van der Waals surface area contributed by atoms with Gasteiger partial charge in [0.1, 0.15) is 5.75 Å². The van der Waals surface area contributed by atoms with Crippen molar-refractivity contribution in [2.75, 3.05) is 19.8 Å². The van der Waals surface area contributed by atoms with Crippen molar-refractivity contribution in [2.24, 2.45) is 0 Å². The minimum atomic E-state index is -0.173. The Morgan fingerprint density at radius 1 is 0.889 bits per heavy atom. The van der Waals surface area contributed by atoms with Gasteiger partial charge in [-0.15, -0.1) is 0 Å². The van der Waals surface area contributed by atoms with Gasteiger partial charge >= 0.3 is 0 Å². The van der Waals surface area contributed by atoms with Crippen LogP contribution in [0.5, 0.6) is 17.2 Å². The molecular weight excluding hydrogens is 342 g/mol. The summed E-state index contributed by atoms with van der Waals surface area (Å²) in [4.78, 5) is 12.1. The Bertz CT molecular complexity index is 771. The molecule has 0 aliphatic carbocycles. The maximum Gasteiger partial charge on any atom is 0.244 e. The van der Waals surface area contributed by atoms with Crippen LogP contribution < -0.4 is 19.5 Å². The van der Waals surface area contributed by atoms with Crippen LogP contribution in [0.2, 0.25) is 0 Å². The van der Waals surface area contributed by atoms with Gasteiger partial charge in [-0.3, -0.25) is 4.79 Å². The Morgan fingerprint density at radius 3 is 2.30 bits per heavy atom. The quantitative estimate of drug-likeness (QED) is 0.637. The number of benzene rings is 2. The smallest absolute Gasteiger partial charge is 0.244 e. The van der Waals surface area contributed by atoms with Crippen LogP contribution in [0.4, 0.5) is 0 Å². The second kappa shape index (κ2) is 10.9. The summed E-state index contributed by atoms with van der Waals surface area (Å²) in [6.45, 7) is 7.90. The average molecular weight is 369 g/mol. The third-order valence-electron chi connectivity index (χ3n) is 3.72. The van der Waals surface area contributed by atoms with E-state index in [4.69, 9.17) is 14.2 Å². The Balaban J connectivity index is 1.99. The minimum absolute atomic E-state index is 0.173. The maximum absolute atomic E-state index is 12.1. The van der Waals surface area contributed by atoms with E-state index in [9.17, 15) is 4.79 Å². The topological polar surface area (TPSA) is 56.8 Å². The van der Waals surface area contributed by atoms with Crippen molar-refractivity contribution in [2.45, 2.75) is 27.3 Å². The Morgan fingerprint density at radius 2 is 1.56 bits per heavy atom. The molecule has 0 atom stereocenters. The highest BCUT2D eigenvalue weighted by Gasteiger charge is 2.06. The first-order valence-electron chi connectivity index (χ1n) is 9.24. The summed E-state index contributed by atoms with van der Waals surface area (Å²) in [5.41, 5.74) is 1.81. The summed E-state index contributed by atoms with van der Waals surface area (Å²) in [6.07, 6.45) is 3.26. The Labute approximate surface area is 161 Å². The van der Waals surface area contributed by atoms with Gasteiger partial charge in [-0.05, 0) is 50.6 Å². The molecule has 0 aromatic heterocycles. The molecular formula is C22H27NO4. The molecule has 0 bridgehead atoms. The van der Waals surface area contributed by atoms with Crippen molar-refractivity contribution < 1.29 is 19.0 Å². The fourth-order valence-electron chi connectivity index (χ4n) is 2.53. The molecule has 2 rings (SSSR count). The van der Waals surface area contributed by atoms with Crippen molar-refractivity contribution in [3.63, 3.8) is 0 Å². The maximum atomic E-state index is 12.1. The van der Waals surface area contributed by atoms with Gasteiger partial charge in [0.05, 0.1) is 19.8 Å². The largest absolute Gasteiger partial charge is 0.494 e. The zero-order valence-electron chi connectivity index (χ0n) is 16.2. The van der Waals surface area contributed by atoms with E-state index in [-0.39, 0.29) is 5.91 Å². The number of hydrogen-bond donors (Lipinski definition) is 1. The van der Waals surface area contributed by atoms with E-state index < -0.39 is 0 Å². The number of carbonyl (C=O) groups excluding carboxylic acids is 1. The van der Waals surface area contributed by atoms with Crippen molar-refractivity contribution in [3.8, 4) is 17.2 Å². The molecule has 0 aliphatic heterocycles. The summed E-state index contributed by atoms with van der Waals surface area (Å²) < 4.78 is 16.7. The van der Waals surface area contributed by atoms with E-state index >= 15 is 0 Å². The molecule has 2 aromatic carbocycles. The third kappa shape index (κ3) is 6.37. The van der Waals surface area contributed by atoms with Crippen molar-refractivity contribution >= 4 is 12.0 Å². The normalized spacial score (nSPS) is 10.6. The lowest BCUT2D eigenvalue weighted by Crippen LogP contribution is -2.20. The third-order valence-corrected chi connectivity index (χ3v) is 3.72. The van der Waals surface area contributed by atoms with Gasteiger partial charge in [-0.1, -0.05) is 24.3 Å². The molecule has 0 aliphatic rings. The summed E-state index contributed by atoms with van der Waals surface area (Å²) in [5.74, 6) is 1.99. The molecule has 1 amide bonds. The zero-order valence-corrected chi connectivity index (χ0v) is 16.2. The molecule has 0 radical (unpaired) electrons. The molecule has 0 saturated heterocycles. The molecule has 0 heterocycles. The first-order valence-corrected chi connectivity index (χ1v) is 9.24. The van der Waals surface area contributed by atoms with E-state index in [1.54, 1.807) is 6.08 Å². The second-order valence-corrected chi connectivity index (χ2v) is 5.66. The molecule has 27 heavy (non-hydrogen) atoms. The van der Waals surface area contributed by atoms with Gasteiger partial charge in [0.25, 0.3) is 0 Å². The van der Waals surface area contributed by atoms with Crippen molar-refractivity contribution in [1.29, 1.82) is 0 Å². The molecule has 1 N–H and O–H groups in total. The van der Waals surface area contributed by atoms with Crippen LogP contribution in [0.1, 0.15) is 31.9 Å². The summed E-state index contributed by atoms with van der Waals surface area (Å²) in [7, 11) is 0. The molecule has 5 heteroatoms. The van der Waals surface area contributed by atoms with Crippen LogP contribution in [0.15, 0.2) is 48.5 Å². The molecule has 0 spiro atoms. The monoisotopic (exact) mass is 369 g/mol. The number of para-hydroxylation sites is 1. The Kier molecular flexibility index (Phi) is 8.23. The van der Waals surface area contributed by atoms with E-state index in [1.807, 2.05) is 63.2 Å². The van der Waals surface area contributed by atoms with Gasteiger partial charge in [-0.25, -0.2) is 0 Å². The van der Waals surface area contributed by atoms with Gasteiger partial charge in [0, 0.05) is 18.2 Å². The zero-order chi connectivity index (χ0) is 19.5. The van der Waals surface area contributed by atoms with Crippen molar-refractivity contribution in [1.82, 2.24) is 5.32 Å². The summed E-state index contributed by atoms with van der Waals surface area (Å²) >= 11 is 0. The van der Waals surface area contributed by atoms with Crippen LogP contribution >= 0.6 is 0 Å². The van der Waals surface area contributed by atoms with Crippen LogP contribution in [-0.4, -0.2) is 25.7 Å². The molecule has 5 nitrogen and oxygen atoms in total. The first kappa shape index (κ1) is 20.4. The SMILES string of the molecule is CCOc1ccccc1CNC(=O)C=Cc1ccc(OCC)c(OCC)c1. The van der Waals surface area contributed by atoms with Crippen molar-refractivity contribution in [3.05, 3.63) is 59.7 Å².